The number of halogens is 2. The highest BCUT2D eigenvalue weighted by molar-refractivity contribution is 6.02. The predicted molar refractivity (Wildman–Crippen MR) is 93.6 cm³/mol. The van der Waals surface area contributed by atoms with Gasteiger partial charge in [-0.05, 0) is 36.6 Å². The van der Waals surface area contributed by atoms with Crippen molar-refractivity contribution in [3.05, 3.63) is 53.5 Å². The minimum Gasteiger partial charge on any atom is -0.461 e. The van der Waals surface area contributed by atoms with E-state index < -0.39 is 23.4 Å². The van der Waals surface area contributed by atoms with Gasteiger partial charge in [-0.2, -0.15) is 0 Å². The molecule has 2 atom stereocenters. The summed E-state index contributed by atoms with van der Waals surface area (Å²) in [6.45, 7) is 3.34. The molecule has 1 heterocycles. The van der Waals surface area contributed by atoms with E-state index in [0.29, 0.717) is 23.7 Å². The Balaban J connectivity index is 1.67. The number of hydrogen-bond acceptors (Lipinski definition) is 3. The smallest absolute Gasteiger partial charge is 0.248 e. The Hall–Kier alpha value is -2.96. The first kappa shape index (κ1) is 17.8. The number of rotatable bonds is 5. The van der Waals surface area contributed by atoms with Crippen LogP contribution in [0.2, 0.25) is 0 Å². The van der Waals surface area contributed by atoms with Crippen LogP contribution in [-0.4, -0.2) is 11.8 Å². The lowest BCUT2D eigenvalue weighted by Gasteiger charge is -2.09. The van der Waals surface area contributed by atoms with Crippen molar-refractivity contribution in [2.24, 2.45) is 5.92 Å². The molecule has 0 aliphatic heterocycles. The molecule has 136 valence electrons. The average Bonchev–Trinajstić information content (AvgIpc) is 3.10. The lowest BCUT2D eigenvalue weighted by Crippen LogP contribution is -2.12. The first-order valence-corrected chi connectivity index (χ1v) is 8.19. The van der Waals surface area contributed by atoms with Crippen LogP contribution in [0.1, 0.15) is 37.7 Å². The normalized spacial score (nSPS) is 18.8. The number of carbonyl (C=O) groups is 2. The van der Waals surface area contributed by atoms with Crippen molar-refractivity contribution in [3.8, 4) is 0 Å². The van der Waals surface area contributed by atoms with E-state index in [0.717, 1.165) is 18.2 Å². The SMILES string of the molecule is CC(=O)Nc1cc(NC(=O)/C=C/c2ccc(C3CC3C)o2)c(F)cc1F. The maximum Gasteiger partial charge on any atom is 0.248 e. The third kappa shape index (κ3) is 4.17. The van der Waals surface area contributed by atoms with Gasteiger partial charge in [0.05, 0.1) is 11.4 Å². The number of anilines is 2. The number of carbonyl (C=O) groups excluding carboxylic acids is 2. The maximum atomic E-state index is 13.8. The van der Waals surface area contributed by atoms with Crippen molar-refractivity contribution < 1.29 is 22.8 Å². The minimum atomic E-state index is -0.943. The van der Waals surface area contributed by atoms with Gasteiger partial charge in [0.2, 0.25) is 11.8 Å². The van der Waals surface area contributed by atoms with Crippen molar-refractivity contribution in [1.82, 2.24) is 0 Å². The molecule has 1 aliphatic rings. The van der Waals surface area contributed by atoms with E-state index in [2.05, 4.69) is 17.6 Å². The van der Waals surface area contributed by atoms with Crippen molar-refractivity contribution in [1.29, 1.82) is 0 Å². The fourth-order valence-corrected chi connectivity index (χ4v) is 2.64. The highest BCUT2D eigenvalue weighted by Gasteiger charge is 2.36. The number of hydrogen-bond donors (Lipinski definition) is 2. The van der Waals surface area contributed by atoms with Gasteiger partial charge < -0.3 is 15.1 Å². The highest BCUT2D eigenvalue weighted by atomic mass is 19.1. The van der Waals surface area contributed by atoms with E-state index >= 15 is 0 Å². The quantitative estimate of drug-likeness (QED) is 0.782. The maximum absolute atomic E-state index is 13.8. The monoisotopic (exact) mass is 360 g/mol. The van der Waals surface area contributed by atoms with Gasteiger partial charge in [0, 0.05) is 25.0 Å². The Kier molecular flexibility index (Phi) is 4.88. The Morgan fingerprint density at radius 3 is 2.42 bits per heavy atom. The molecule has 26 heavy (non-hydrogen) atoms. The van der Waals surface area contributed by atoms with Crippen LogP contribution in [0.3, 0.4) is 0 Å². The fraction of sp³-hybridized carbons (Fsp3) is 0.263. The zero-order valence-corrected chi connectivity index (χ0v) is 14.3. The van der Waals surface area contributed by atoms with Crippen LogP contribution in [0.5, 0.6) is 0 Å². The zero-order chi connectivity index (χ0) is 18.8. The molecule has 0 saturated heterocycles. The topological polar surface area (TPSA) is 71.3 Å². The van der Waals surface area contributed by atoms with Crippen LogP contribution < -0.4 is 10.6 Å². The summed E-state index contributed by atoms with van der Waals surface area (Å²) in [5.41, 5.74) is -0.454. The summed E-state index contributed by atoms with van der Waals surface area (Å²) in [6.07, 6.45) is 3.76. The van der Waals surface area contributed by atoms with Crippen molar-refractivity contribution in [2.45, 2.75) is 26.2 Å². The molecule has 1 aliphatic carbocycles. The summed E-state index contributed by atoms with van der Waals surface area (Å²) < 4.78 is 33.1. The summed E-state index contributed by atoms with van der Waals surface area (Å²) in [5.74, 6) is -0.528. The second kappa shape index (κ2) is 7.11. The lowest BCUT2D eigenvalue weighted by molar-refractivity contribution is -0.114. The van der Waals surface area contributed by atoms with Gasteiger partial charge in [-0.1, -0.05) is 6.92 Å². The Bertz CT molecular complexity index is 889. The fourth-order valence-electron chi connectivity index (χ4n) is 2.64. The van der Waals surface area contributed by atoms with Crippen LogP contribution in [0.25, 0.3) is 6.08 Å². The van der Waals surface area contributed by atoms with Crippen molar-refractivity contribution >= 4 is 29.3 Å². The standard InChI is InChI=1S/C19H18F2N2O3/c1-10-7-13(10)18-5-3-12(26-18)4-6-19(25)23-17-9-16(22-11(2)24)14(20)8-15(17)21/h3-6,8-10,13H,7H2,1-2H3,(H,22,24)(H,23,25)/b6-4+. The molecule has 0 spiro atoms. The molecule has 0 bridgehead atoms. The molecule has 1 aromatic heterocycles. The van der Waals surface area contributed by atoms with Gasteiger partial charge >= 0.3 is 0 Å². The van der Waals surface area contributed by atoms with Crippen molar-refractivity contribution in [2.75, 3.05) is 10.6 Å². The molecule has 1 fully saturated rings. The van der Waals surface area contributed by atoms with E-state index in [1.807, 2.05) is 6.07 Å². The van der Waals surface area contributed by atoms with Crippen LogP contribution in [0.15, 0.2) is 34.8 Å². The number of nitrogens with one attached hydrogen (secondary N) is 2. The summed E-state index contributed by atoms with van der Waals surface area (Å²) in [6, 6.07) is 5.26. The van der Waals surface area contributed by atoms with Crippen LogP contribution >= 0.6 is 0 Å². The van der Waals surface area contributed by atoms with Gasteiger partial charge in [-0.3, -0.25) is 9.59 Å². The third-order valence-electron chi connectivity index (χ3n) is 4.15. The highest BCUT2D eigenvalue weighted by Crippen LogP contribution is 2.47. The molecule has 1 saturated carbocycles. The van der Waals surface area contributed by atoms with Gasteiger partial charge in [0.1, 0.15) is 23.2 Å². The van der Waals surface area contributed by atoms with Crippen LogP contribution in [0.4, 0.5) is 20.2 Å². The Morgan fingerprint density at radius 1 is 1.15 bits per heavy atom. The van der Waals surface area contributed by atoms with Crippen LogP contribution in [0, 0.1) is 17.6 Å². The number of furan rings is 1. The van der Waals surface area contributed by atoms with Gasteiger partial charge in [-0.15, -0.1) is 0 Å². The molecule has 2 unspecified atom stereocenters. The first-order chi connectivity index (χ1) is 12.3. The lowest BCUT2D eigenvalue weighted by atomic mass is 10.2. The summed E-state index contributed by atoms with van der Waals surface area (Å²) in [7, 11) is 0. The average molecular weight is 360 g/mol. The summed E-state index contributed by atoms with van der Waals surface area (Å²) in [4.78, 5) is 23.0. The van der Waals surface area contributed by atoms with Gasteiger partial charge in [-0.25, -0.2) is 8.78 Å². The van der Waals surface area contributed by atoms with E-state index in [9.17, 15) is 18.4 Å². The summed E-state index contributed by atoms with van der Waals surface area (Å²) in [5, 5.41) is 4.54. The van der Waals surface area contributed by atoms with Crippen molar-refractivity contribution in [3.63, 3.8) is 0 Å². The Labute approximate surface area is 149 Å². The molecular weight excluding hydrogens is 342 g/mol. The molecule has 2 N–H and O–H groups in total. The summed E-state index contributed by atoms with van der Waals surface area (Å²) >= 11 is 0. The molecule has 2 amide bonds. The molecule has 5 nitrogen and oxygen atoms in total. The van der Waals surface area contributed by atoms with E-state index in [4.69, 9.17) is 4.42 Å². The second-order valence-electron chi connectivity index (χ2n) is 6.38. The van der Waals surface area contributed by atoms with E-state index in [1.165, 1.54) is 19.1 Å². The van der Waals surface area contributed by atoms with E-state index in [1.54, 1.807) is 6.07 Å². The van der Waals surface area contributed by atoms with Gasteiger partial charge in [0.15, 0.2) is 0 Å². The predicted octanol–water partition coefficient (Wildman–Crippen LogP) is 4.29. The minimum absolute atomic E-state index is 0.215. The molecule has 0 radical (unpaired) electrons. The molecule has 2 aromatic rings. The van der Waals surface area contributed by atoms with Gasteiger partial charge in [0.25, 0.3) is 0 Å². The zero-order valence-electron chi connectivity index (χ0n) is 14.3. The molecular formula is C19H18F2N2O3. The van der Waals surface area contributed by atoms with Crippen LogP contribution in [-0.2, 0) is 9.59 Å². The first-order valence-electron chi connectivity index (χ1n) is 8.19. The third-order valence-corrected chi connectivity index (χ3v) is 4.15. The Morgan fingerprint density at radius 2 is 1.81 bits per heavy atom. The molecule has 3 rings (SSSR count). The second-order valence-corrected chi connectivity index (χ2v) is 6.38. The number of amides is 2. The van der Waals surface area contributed by atoms with E-state index in [-0.39, 0.29) is 11.4 Å². The molecule has 7 heteroatoms. The molecule has 1 aromatic carbocycles. The number of benzene rings is 1. The largest absolute Gasteiger partial charge is 0.461 e.